The van der Waals surface area contributed by atoms with Crippen molar-refractivity contribution in [3.05, 3.63) is 28.8 Å². The first kappa shape index (κ1) is 12.3. The van der Waals surface area contributed by atoms with Crippen LogP contribution in [0.25, 0.3) is 0 Å². The van der Waals surface area contributed by atoms with Crippen LogP contribution in [0.4, 0.5) is 0 Å². The number of rotatable bonds is 5. The Morgan fingerprint density at radius 1 is 1.47 bits per heavy atom. The Hall–Kier alpha value is -0.730. The highest BCUT2D eigenvalue weighted by molar-refractivity contribution is 6.32. The Bertz CT molecular complexity index is 350. The highest BCUT2D eigenvalue weighted by atomic mass is 35.5. The minimum absolute atomic E-state index is 0.0608. The van der Waals surface area contributed by atoms with Crippen molar-refractivity contribution in [3.8, 4) is 5.75 Å². The van der Waals surface area contributed by atoms with Gasteiger partial charge in [-0.2, -0.15) is 0 Å². The van der Waals surface area contributed by atoms with Gasteiger partial charge < -0.3 is 4.74 Å². The van der Waals surface area contributed by atoms with E-state index in [2.05, 4.69) is 0 Å². The summed E-state index contributed by atoms with van der Waals surface area (Å²) < 4.78 is 5.03. The van der Waals surface area contributed by atoms with Gasteiger partial charge in [-0.3, -0.25) is 4.79 Å². The van der Waals surface area contributed by atoms with Gasteiger partial charge in [0.15, 0.2) is 5.78 Å². The van der Waals surface area contributed by atoms with Crippen LogP contribution < -0.4 is 4.74 Å². The first-order chi connectivity index (χ1) is 7.19. The highest BCUT2D eigenvalue weighted by Crippen LogP contribution is 2.25. The van der Waals surface area contributed by atoms with Crippen molar-refractivity contribution >= 4 is 29.0 Å². The molecule has 0 saturated carbocycles. The molecule has 0 radical (unpaired) electrons. The zero-order chi connectivity index (χ0) is 11.3. The van der Waals surface area contributed by atoms with Crippen LogP contribution in [0.3, 0.4) is 0 Å². The van der Waals surface area contributed by atoms with E-state index in [9.17, 15) is 4.79 Å². The van der Waals surface area contributed by atoms with Crippen LogP contribution in [0.1, 0.15) is 23.2 Å². The molecular weight excluding hydrogens is 235 g/mol. The van der Waals surface area contributed by atoms with E-state index in [1.807, 2.05) is 0 Å². The third kappa shape index (κ3) is 3.40. The summed E-state index contributed by atoms with van der Waals surface area (Å²) in [4.78, 5) is 11.6. The smallest absolute Gasteiger partial charge is 0.163 e. The number of hydrogen-bond donors (Lipinski definition) is 0. The monoisotopic (exact) mass is 246 g/mol. The molecule has 0 unspecified atom stereocenters. The SMILES string of the molecule is COc1cc(C(=O)CCCCl)ccc1Cl. The van der Waals surface area contributed by atoms with Crippen molar-refractivity contribution in [1.29, 1.82) is 0 Å². The predicted octanol–water partition coefficient (Wildman–Crippen LogP) is 3.55. The van der Waals surface area contributed by atoms with Crippen molar-refractivity contribution < 1.29 is 9.53 Å². The van der Waals surface area contributed by atoms with Gasteiger partial charge in [0.05, 0.1) is 12.1 Å². The van der Waals surface area contributed by atoms with Crippen molar-refractivity contribution in [2.45, 2.75) is 12.8 Å². The van der Waals surface area contributed by atoms with Gasteiger partial charge in [-0.25, -0.2) is 0 Å². The minimum atomic E-state index is 0.0608. The number of Topliss-reactive ketones (excluding diaryl/α,β-unsaturated/α-hetero) is 1. The Kier molecular flexibility index (Phi) is 4.92. The molecule has 0 amide bonds. The third-order valence-corrected chi connectivity index (χ3v) is 2.59. The number of methoxy groups -OCH3 is 1. The van der Waals surface area contributed by atoms with Crippen molar-refractivity contribution in [1.82, 2.24) is 0 Å². The maximum Gasteiger partial charge on any atom is 0.163 e. The van der Waals surface area contributed by atoms with E-state index in [1.54, 1.807) is 18.2 Å². The molecule has 0 aliphatic carbocycles. The van der Waals surface area contributed by atoms with E-state index in [-0.39, 0.29) is 5.78 Å². The normalized spacial score (nSPS) is 10.1. The van der Waals surface area contributed by atoms with Crippen LogP contribution in [0.2, 0.25) is 5.02 Å². The highest BCUT2D eigenvalue weighted by Gasteiger charge is 2.08. The first-order valence-electron chi connectivity index (χ1n) is 4.61. The molecule has 0 heterocycles. The number of halogens is 2. The zero-order valence-corrected chi connectivity index (χ0v) is 9.94. The Morgan fingerprint density at radius 3 is 2.80 bits per heavy atom. The molecule has 4 heteroatoms. The first-order valence-corrected chi connectivity index (χ1v) is 5.53. The van der Waals surface area contributed by atoms with Crippen LogP contribution in [0, 0.1) is 0 Å². The van der Waals surface area contributed by atoms with Crippen molar-refractivity contribution in [2.75, 3.05) is 13.0 Å². The van der Waals surface area contributed by atoms with Crippen LogP contribution in [0.15, 0.2) is 18.2 Å². The molecule has 0 aromatic heterocycles. The average Bonchev–Trinajstić information content (AvgIpc) is 2.26. The van der Waals surface area contributed by atoms with Crippen molar-refractivity contribution in [3.63, 3.8) is 0 Å². The molecule has 0 aliphatic rings. The summed E-state index contributed by atoms with van der Waals surface area (Å²) in [6.45, 7) is 0. The lowest BCUT2D eigenvalue weighted by Gasteiger charge is -2.05. The molecule has 0 spiro atoms. The number of benzene rings is 1. The summed E-state index contributed by atoms with van der Waals surface area (Å²) in [6.07, 6.45) is 1.14. The molecular formula is C11H12Cl2O2. The Morgan fingerprint density at radius 2 is 2.20 bits per heavy atom. The summed E-state index contributed by atoms with van der Waals surface area (Å²) in [7, 11) is 1.52. The molecule has 1 aromatic carbocycles. The molecule has 0 atom stereocenters. The summed E-state index contributed by atoms with van der Waals surface area (Å²) in [5.41, 5.74) is 0.612. The molecule has 0 saturated heterocycles. The van der Waals surface area contributed by atoms with Crippen LogP contribution in [-0.2, 0) is 0 Å². The second kappa shape index (κ2) is 5.99. The van der Waals surface area contributed by atoms with Gasteiger partial charge in [-0.15, -0.1) is 11.6 Å². The van der Waals surface area contributed by atoms with E-state index in [4.69, 9.17) is 27.9 Å². The van der Waals surface area contributed by atoms with Gasteiger partial charge in [-0.1, -0.05) is 11.6 Å². The fraction of sp³-hybridized carbons (Fsp3) is 0.364. The fourth-order valence-electron chi connectivity index (χ4n) is 1.20. The topological polar surface area (TPSA) is 26.3 Å². The van der Waals surface area contributed by atoms with Crippen LogP contribution >= 0.6 is 23.2 Å². The third-order valence-electron chi connectivity index (χ3n) is 2.01. The quantitative estimate of drug-likeness (QED) is 0.587. The number of ketones is 1. The number of ether oxygens (including phenoxy) is 1. The second-order valence-corrected chi connectivity index (χ2v) is 3.85. The lowest BCUT2D eigenvalue weighted by Crippen LogP contribution is -2.00. The molecule has 0 fully saturated rings. The molecule has 0 N–H and O–H groups in total. The van der Waals surface area contributed by atoms with E-state index in [0.717, 1.165) is 0 Å². The van der Waals surface area contributed by atoms with Gasteiger partial charge in [-0.05, 0) is 24.6 Å². The maximum atomic E-state index is 11.6. The molecule has 2 nitrogen and oxygen atoms in total. The molecule has 1 rings (SSSR count). The number of hydrogen-bond acceptors (Lipinski definition) is 2. The number of carbonyl (C=O) groups is 1. The van der Waals surface area contributed by atoms with Gasteiger partial charge in [0.2, 0.25) is 0 Å². The second-order valence-electron chi connectivity index (χ2n) is 3.07. The summed E-state index contributed by atoms with van der Waals surface area (Å²) in [6, 6.07) is 5.01. The van der Waals surface area contributed by atoms with E-state index < -0.39 is 0 Å². The Balaban J connectivity index is 2.81. The minimum Gasteiger partial charge on any atom is -0.495 e. The lowest BCUT2D eigenvalue weighted by atomic mass is 10.1. The summed E-state index contributed by atoms with van der Waals surface area (Å²) >= 11 is 11.4. The fourth-order valence-corrected chi connectivity index (χ4v) is 1.53. The predicted molar refractivity (Wildman–Crippen MR) is 62.3 cm³/mol. The number of alkyl halides is 1. The average molecular weight is 247 g/mol. The van der Waals surface area contributed by atoms with E-state index >= 15 is 0 Å². The Labute approximate surface area is 99.1 Å². The van der Waals surface area contributed by atoms with Crippen LogP contribution in [0.5, 0.6) is 5.75 Å². The van der Waals surface area contributed by atoms with Gasteiger partial charge in [0, 0.05) is 17.9 Å². The molecule has 1 aromatic rings. The van der Waals surface area contributed by atoms with E-state index in [0.29, 0.717) is 35.1 Å². The van der Waals surface area contributed by atoms with E-state index in [1.165, 1.54) is 7.11 Å². The van der Waals surface area contributed by atoms with Gasteiger partial charge in [0.25, 0.3) is 0 Å². The zero-order valence-electron chi connectivity index (χ0n) is 8.43. The standard InChI is InChI=1S/C11H12Cl2O2/c1-15-11-7-8(4-5-9(11)13)10(14)3-2-6-12/h4-5,7H,2-3,6H2,1H3. The van der Waals surface area contributed by atoms with Gasteiger partial charge in [0.1, 0.15) is 5.75 Å². The van der Waals surface area contributed by atoms with Crippen LogP contribution in [-0.4, -0.2) is 18.8 Å². The summed E-state index contributed by atoms with van der Waals surface area (Å²) in [5, 5.41) is 0.506. The molecule has 82 valence electrons. The molecule has 0 bridgehead atoms. The largest absolute Gasteiger partial charge is 0.495 e. The molecule has 15 heavy (non-hydrogen) atoms. The van der Waals surface area contributed by atoms with Gasteiger partial charge >= 0.3 is 0 Å². The maximum absolute atomic E-state index is 11.6. The summed E-state index contributed by atoms with van der Waals surface area (Å²) in [5.74, 6) is 1.08. The lowest BCUT2D eigenvalue weighted by molar-refractivity contribution is 0.0981. The number of carbonyl (C=O) groups excluding carboxylic acids is 1. The molecule has 0 aliphatic heterocycles. The van der Waals surface area contributed by atoms with Crippen molar-refractivity contribution in [2.24, 2.45) is 0 Å².